The highest BCUT2D eigenvalue weighted by Gasteiger charge is 2.07. The normalized spacial score (nSPS) is 10.3. The number of thiazole rings is 1. The minimum Gasteiger partial charge on any atom is -0.497 e. The summed E-state index contributed by atoms with van der Waals surface area (Å²) >= 11 is 1.72. The smallest absolute Gasteiger partial charge is 0.145 e. The number of hydrogen-bond donors (Lipinski definition) is 1. The van der Waals surface area contributed by atoms with Gasteiger partial charge in [0.25, 0.3) is 0 Å². The quantitative estimate of drug-likeness (QED) is 0.910. The number of aryl methyl sites for hydroxylation is 2. The van der Waals surface area contributed by atoms with Crippen LogP contribution in [-0.4, -0.2) is 19.2 Å². The maximum Gasteiger partial charge on any atom is 0.145 e. The fourth-order valence-electron chi connectivity index (χ4n) is 1.73. The van der Waals surface area contributed by atoms with Crippen molar-refractivity contribution >= 4 is 17.0 Å². The lowest BCUT2D eigenvalue weighted by atomic mass is 10.2. The van der Waals surface area contributed by atoms with Crippen LogP contribution in [0.3, 0.4) is 0 Å². The monoisotopic (exact) mass is 278 g/mol. The van der Waals surface area contributed by atoms with Gasteiger partial charge in [-0.15, -0.1) is 11.3 Å². The molecule has 1 N–H and O–H groups in total. The second kappa shape index (κ2) is 5.93. The van der Waals surface area contributed by atoms with Gasteiger partial charge in [0, 0.05) is 10.9 Å². The van der Waals surface area contributed by atoms with E-state index >= 15 is 0 Å². The molecule has 19 heavy (non-hydrogen) atoms. The number of nitrogens with one attached hydrogen (secondary N) is 1. The van der Waals surface area contributed by atoms with E-state index in [1.165, 1.54) is 4.88 Å². The maximum atomic E-state index is 5.35. The van der Waals surface area contributed by atoms with Crippen LogP contribution in [0, 0.1) is 13.8 Å². The molecule has 1 heterocycles. The predicted octanol–water partition coefficient (Wildman–Crippen LogP) is 3.39. The molecule has 0 radical (unpaired) electrons. The molecule has 2 rings (SSSR count). The predicted molar refractivity (Wildman–Crippen MR) is 78.5 cm³/mol. The number of rotatable bonds is 5. The first-order chi connectivity index (χ1) is 9.13. The molecule has 0 spiro atoms. The Kier molecular flexibility index (Phi) is 4.27. The number of aromatic nitrogens is 1. The van der Waals surface area contributed by atoms with Crippen molar-refractivity contribution in [3.8, 4) is 11.5 Å². The lowest BCUT2D eigenvalue weighted by Gasteiger charge is -2.11. The van der Waals surface area contributed by atoms with E-state index < -0.39 is 0 Å². The molecule has 5 heteroatoms. The van der Waals surface area contributed by atoms with Crippen LogP contribution in [0.25, 0.3) is 0 Å². The summed E-state index contributed by atoms with van der Waals surface area (Å²) in [6, 6.07) is 5.72. The van der Waals surface area contributed by atoms with E-state index in [0.717, 1.165) is 27.9 Å². The topological polar surface area (TPSA) is 43.4 Å². The summed E-state index contributed by atoms with van der Waals surface area (Å²) in [5, 5.41) is 4.42. The van der Waals surface area contributed by atoms with E-state index in [-0.39, 0.29) is 0 Å². The Morgan fingerprint density at radius 3 is 2.58 bits per heavy atom. The summed E-state index contributed by atoms with van der Waals surface area (Å²) in [5.41, 5.74) is 2.04. The van der Waals surface area contributed by atoms with Crippen molar-refractivity contribution in [2.45, 2.75) is 20.4 Å². The molecular formula is C14H18N2O2S. The first-order valence-electron chi connectivity index (χ1n) is 6.03. The molecule has 0 aliphatic heterocycles. The molecule has 0 amide bonds. The number of ether oxygens (including phenoxy) is 2. The van der Waals surface area contributed by atoms with Crippen LogP contribution in [0.15, 0.2) is 18.2 Å². The van der Waals surface area contributed by atoms with Crippen molar-refractivity contribution in [1.29, 1.82) is 0 Å². The van der Waals surface area contributed by atoms with Gasteiger partial charge in [-0.2, -0.15) is 0 Å². The van der Waals surface area contributed by atoms with Crippen molar-refractivity contribution in [1.82, 2.24) is 4.98 Å². The van der Waals surface area contributed by atoms with Gasteiger partial charge in [-0.3, -0.25) is 0 Å². The van der Waals surface area contributed by atoms with E-state index in [1.54, 1.807) is 25.6 Å². The third-order valence-electron chi connectivity index (χ3n) is 2.91. The van der Waals surface area contributed by atoms with Crippen molar-refractivity contribution < 1.29 is 9.47 Å². The Morgan fingerprint density at radius 2 is 2.00 bits per heavy atom. The average Bonchev–Trinajstić information content (AvgIpc) is 2.75. The van der Waals surface area contributed by atoms with Gasteiger partial charge >= 0.3 is 0 Å². The highest BCUT2D eigenvalue weighted by Crippen LogP contribution is 2.29. The van der Waals surface area contributed by atoms with Crippen molar-refractivity contribution in [2.24, 2.45) is 0 Å². The summed E-state index contributed by atoms with van der Waals surface area (Å²) in [5.74, 6) is 1.55. The second-order valence-electron chi connectivity index (χ2n) is 4.17. The molecule has 0 saturated carbocycles. The van der Waals surface area contributed by atoms with Crippen LogP contribution < -0.4 is 14.8 Å². The summed E-state index contributed by atoms with van der Waals surface area (Å²) in [6.45, 7) is 4.82. The highest BCUT2D eigenvalue weighted by molar-refractivity contribution is 7.11. The van der Waals surface area contributed by atoms with Gasteiger partial charge in [0.05, 0.1) is 32.1 Å². The van der Waals surface area contributed by atoms with Crippen molar-refractivity contribution in [3.05, 3.63) is 33.8 Å². The van der Waals surface area contributed by atoms with Crippen LogP contribution in [0.2, 0.25) is 0 Å². The zero-order valence-electron chi connectivity index (χ0n) is 11.6. The Bertz CT molecular complexity index is 547. The largest absolute Gasteiger partial charge is 0.497 e. The molecule has 0 atom stereocenters. The summed E-state index contributed by atoms with van der Waals surface area (Å²) < 4.78 is 10.5. The molecule has 1 aromatic carbocycles. The lowest BCUT2D eigenvalue weighted by Crippen LogP contribution is -2.01. The maximum absolute atomic E-state index is 5.35. The van der Waals surface area contributed by atoms with Gasteiger partial charge in [-0.1, -0.05) is 0 Å². The number of nitrogens with zero attached hydrogens (tertiary/aromatic N) is 1. The van der Waals surface area contributed by atoms with Crippen molar-refractivity contribution in [2.75, 3.05) is 19.5 Å². The molecule has 0 aliphatic carbocycles. The molecule has 102 valence electrons. The summed E-state index contributed by atoms with van der Waals surface area (Å²) in [6.07, 6.45) is 0. The molecule has 4 nitrogen and oxygen atoms in total. The number of hydrogen-bond acceptors (Lipinski definition) is 5. The number of anilines is 1. The molecule has 0 fully saturated rings. The van der Waals surface area contributed by atoms with Crippen LogP contribution >= 0.6 is 11.3 Å². The third-order valence-corrected chi connectivity index (χ3v) is 3.98. The van der Waals surface area contributed by atoms with Gasteiger partial charge in [-0.25, -0.2) is 4.98 Å². The Morgan fingerprint density at radius 1 is 1.21 bits per heavy atom. The van der Waals surface area contributed by atoms with Gasteiger partial charge in [0.1, 0.15) is 16.5 Å². The zero-order chi connectivity index (χ0) is 13.8. The highest BCUT2D eigenvalue weighted by atomic mass is 32.1. The van der Waals surface area contributed by atoms with Crippen LogP contribution in [-0.2, 0) is 6.54 Å². The van der Waals surface area contributed by atoms with E-state index in [2.05, 4.69) is 17.2 Å². The first kappa shape index (κ1) is 13.7. The van der Waals surface area contributed by atoms with Gasteiger partial charge in [-0.05, 0) is 26.0 Å². The lowest BCUT2D eigenvalue weighted by molar-refractivity contribution is 0.395. The molecule has 0 aliphatic rings. The molecule has 2 aromatic rings. The fourth-order valence-corrected chi connectivity index (χ4v) is 2.60. The molecule has 1 aromatic heterocycles. The van der Waals surface area contributed by atoms with Crippen LogP contribution in [0.1, 0.15) is 15.6 Å². The van der Waals surface area contributed by atoms with E-state index in [9.17, 15) is 0 Å². The van der Waals surface area contributed by atoms with Gasteiger partial charge in [0.15, 0.2) is 0 Å². The van der Waals surface area contributed by atoms with Gasteiger partial charge < -0.3 is 14.8 Å². The van der Waals surface area contributed by atoms with Crippen LogP contribution in [0.5, 0.6) is 11.5 Å². The fraction of sp³-hybridized carbons (Fsp3) is 0.357. The van der Waals surface area contributed by atoms with E-state index in [4.69, 9.17) is 9.47 Å². The Balaban J connectivity index is 2.10. The standard InChI is InChI=1S/C14H18N2O2S/c1-9-10(2)19-14(16-9)8-15-12-6-5-11(17-3)7-13(12)18-4/h5-7,15H,8H2,1-4H3. The second-order valence-corrected chi connectivity index (χ2v) is 5.46. The minimum absolute atomic E-state index is 0.696. The number of methoxy groups -OCH3 is 2. The Hall–Kier alpha value is -1.75. The van der Waals surface area contributed by atoms with Gasteiger partial charge in [0.2, 0.25) is 0 Å². The number of benzene rings is 1. The minimum atomic E-state index is 0.696. The Labute approximate surface area is 117 Å². The van der Waals surface area contributed by atoms with Crippen molar-refractivity contribution in [3.63, 3.8) is 0 Å². The van der Waals surface area contributed by atoms with Crippen LogP contribution in [0.4, 0.5) is 5.69 Å². The average molecular weight is 278 g/mol. The zero-order valence-corrected chi connectivity index (χ0v) is 12.4. The van der Waals surface area contributed by atoms with E-state index in [0.29, 0.717) is 6.54 Å². The van der Waals surface area contributed by atoms with E-state index in [1.807, 2.05) is 25.1 Å². The molecule has 0 saturated heterocycles. The third kappa shape index (κ3) is 3.17. The SMILES string of the molecule is COc1ccc(NCc2nc(C)c(C)s2)c(OC)c1. The first-order valence-corrected chi connectivity index (χ1v) is 6.84. The summed E-state index contributed by atoms with van der Waals surface area (Å²) in [4.78, 5) is 5.77. The molecular weight excluding hydrogens is 260 g/mol. The summed E-state index contributed by atoms with van der Waals surface area (Å²) in [7, 11) is 3.29. The molecule has 0 bridgehead atoms. The molecule has 0 unspecified atom stereocenters.